The summed E-state index contributed by atoms with van der Waals surface area (Å²) in [6.07, 6.45) is 0.721. The number of aliphatic hydroxyl groups is 1. The quantitative estimate of drug-likeness (QED) is 0.733. The van der Waals surface area contributed by atoms with Gasteiger partial charge in [0.05, 0.1) is 17.3 Å². The number of aliphatic imine (C=N–C) groups is 1. The van der Waals surface area contributed by atoms with E-state index in [0.717, 1.165) is 45.3 Å². The summed E-state index contributed by atoms with van der Waals surface area (Å²) in [7, 11) is 0. The van der Waals surface area contributed by atoms with Gasteiger partial charge in [0, 0.05) is 17.7 Å². The Labute approximate surface area is 144 Å². The molecule has 4 nitrogen and oxygen atoms in total. The van der Waals surface area contributed by atoms with Crippen LogP contribution < -0.4 is 4.74 Å². The SMILES string of the molecule is OCCC1CSC(c2cc3cccc(Oc4ccccc4)c3[nH]2)=N1. The summed E-state index contributed by atoms with van der Waals surface area (Å²) in [5.41, 5.74) is 1.99. The molecule has 1 atom stereocenters. The van der Waals surface area contributed by atoms with Crippen molar-refractivity contribution in [1.82, 2.24) is 4.98 Å². The lowest BCUT2D eigenvalue weighted by Gasteiger charge is -2.06. The molecule has 1 aliphatic heterocycles. The standard InChI is InChI=1S/C19H18N2O2S/c22-10-9-14-12-24-19(20-14)16-11-13-5-4-8-17(18(13)21-16)23-15-6-2-1-3-7-15/h1-8,11,14,21-22H,9-10,12H2. The molecule has 2 N–H and O–H groups in total. The van der Waals surface area contributed by atoms with Gasteiger partial charge in [-0.3, -0.25) is 4.99 Å². The number of hydrogen-bond donors (Lipinski definition) is 2. The molecule has 4 rings (SSSR count). The summed E-state index contributed by atoms with van der Waals surface area (Å²) < 4.78 is 6.02. The summed E-state index contributed by atoms with van der Waals surface area (Å²) in [4.78, 5) is 8.15. The van der Waals surface area contributed by atoms with Crippen molar-refractivity contribution in [3.63, 3.8) is 0 Å². The van der Waals surface area contributed by atoms with Gasteiger partial charge >= 0.3 is 0 Å². The summed E-state index contributed by atoms with van der Waals surface area (Å²) >= 11 is 1.74. The molecule has 0 radical (unpaired) electrons. The highest BCUT2D eigenvalue weighted by molar-refractivity contribution is 8.14. The third-order valence-corrected chi connectivity index (χ3v) is 5.14. The van der Waals surface area contributed by atoms with Crippen molar-refractivity contribution in [2.75, 3.05) is 12.4 Å². The molecule has 5 heteroatoms. The molecule has 0 bridgehead atoms. The van der Waals surface area contributed by atoms with Crippen LogP contribution in [-0.2, 0) is 0 Å². The lowest BCUT2D eigenvalue weighted by Crippen LogP contribution is -2.05. The fourth-order valence-corrected chi connectivity index (χ4v) is 3.88. The Morgan fingerprint density at radius 3 is 2.88 bits per heavy atom. The van der Waals surface area contributed by atoms with Crippen molar-refractivity contribution < 1.29 is 9.84 Å². The molecule has 1 aromatic heterocycles. The predicted octanol–water partition coefficient (Wildman–Crippen LogP) is 4.20. The van der Waals surface area contributed by atoms with Crippen molar-refractivity contribution in [2.24, 2.45) is 4.99 Å². The van der Waals surface area contributed by atoms with Crippen LogP contribution in [0.1, 0.15) is 12.1 Å². The summed E-state index contributed by atoms with van der Waals surface area (Å²) in [6.45, 7) is 0.184. The average molecular weight is 338 g/mol. The fraction of sp³-hybridized carbons (Fsp3) is 0.211. The Morgan fingerprint density at radius 1 is 1.17 bits per heavy atom. The second-order valence-corrected chi connectivity index (χ2v) is 6.74. The molecule has 1 unspecified atom stereocenters. The molecule has 2 aromatic carbocycles. The van der Waals surface area contributed by atoms with Gasteiger partial charge in [0.25, 0.3) is 0 Å². The summed E-state index contributed by atoms with van der Waals surface area (Å²) in [6, 6.07) is 18.1. The van der Waals surface area contributed by atoms with E-state index in [1.807, 2.05) is 42.5 Å². The number of aliphatic hydroxyl groups excluding tert-OH is 1. The van der Waals surface area contributed by atoms with Crippen molar-refractivity contribution in [3.8, 4) is 11.5 Å². The number of H-pyrrole nitrogens is 1. The van der Waals surface area contributed by atoms with E-state index >= 15 is 0 Å². The summed E-state index contributed by atoms with van der Waals surface area (Å²) in [5.74, 6) is 2.55. The van der Waals surface area contributed by atoms with Crippen molar-refractivity contribution in [3.05, 3.63) is 60.3 Å². The molecule has 1 aliphatic rings. The molecular formula is C19H18N2O2S. The molecule has 0 amide bonds. The molecule has 0 aliphatic carbocycles. The number of ether oxygens (including phenoxy) is 1. The lowest BCUT2D eigenvalue weighted by atomic mass is 10.2. The van der Waals surface area contributed by atoms with E-state index in [4.69, 9.17) is 14.8 Å². The van der Waals surface area contributed by atoms with E-state index in [-0.39, 0.29) is 12.6 Å². The minimum Gasteiger partial charge on any atom is -0.455 e. The van der Waals surface area contributed by atoms with Gasteiger partial charge in [-0.2, -0.15) is 0 Å². The van der Waals surface area contributed by atoms with Crippen LogP contribution in [0.3, 0.4) is 0 Å². The monoisotopic (exact) mass is 338 g/mol. The minimum atomic E-state index is 0.184. The largest absolute Gasteiger partial charge is 0.455 e. The molecule has 122 valence electrons. The van der Waals surface area contributed by atoms with E-state index in [1.165, 1.54) is 0 Å². The molecule has 0 fully saturated rings. The first-order valence-electron chi connectivity index (χ1n) is 8.00. The van der Waals surface area contributed by atoms with Crippen LogP contribution in [0.2, 0.25) is 0 Å². The predicted molar refractivity (Wildman–Crippen MR) is 99.3 cm³/mol. The number of aromatic amines is 1. The number of hydrogen-bond acceptors (Lipinski definition) is 4. The zero-order chi connectivity index (χ0) is 16.4. The number of thioether (sulfide) groups is 1. The molecule has 24 heavy (non-hydrogen) atoms. The number of aromatic nitrogens is 1. The Hall–Kier alpha value is -2.24. The van der Waals surface area contributed by atoms with Gasteiger partial charge in [0.1, 0.15) is 10.8 Å². The van der Waals surface area contributed by atoms with Crippen LogP contribution in [0.5, 0.6) is 11.5 Å². The first-order valence-corrected chi connectivity index (χ1v) is 8.98. The lowest BCUT2D eigenvalue weighted by molar-refractivity contribution is 0.280. The van der Waals surface area contributed by atoms with Crippen LogP contribution in [0, 0.1) is 0 Å². The zero-order valence-corrected chi connectivity index (χ0v) is 13.9. The van der Waals surface area contributed by atoms with Crippen molar-refractivity contribution in [2.45, 2.75) is 12.5 Å². The molecule has 2 heterocycles. The topological polar surface area (TPSA) is 57.6 Å². The van der Waals surface area contributed by atoms with Crippen LogP contribution >= 0.6 is 11.8 Å². The number of benzene rings is 2. The Bertz CT molecular complexity index is 873. The first-order chi connectivity index (χ1) is 11.8. The number of nitrogens with zero attached hydrogens (tertiary/aromatic N) is 1. The zero-order valence-electron chi connectivity index (χ0n) is 13.1. The highest BCUT2D eigenvalue weighted by Crippen LogP contribution is 2.32. The van der Waals surface area contributed by atoms with E-state index < -0.39 is 0 Å². The molecule has 3 aromatic rings. The van der Waals surface area contributed by atoms with Crippen molar-refractivity contribution >= 4 is 27.7 Å². The number of rotatable bonds is 5. The molecule has 0 saturated heterocycles. The van der Waals surface area contributed by atoms with Crippen molar-refractivity contribution in [1.29, 1.82) is 0 Å². The van der Waals surface area contributed by atoms with Gasteiger partial charge in [-0.15, -0.1) is 11.8 Å². The number of para-hydroxylation sites is 2. The van der Waals surface area contributed by atoms with E-state index in [0.29, 0.717) is 0 Å². The van der Waals surface area contributed by atoms with Gasteiger partial charge < -0.3 is 14.8 Å². The second kappa shape index (κ2) is 6.71. The van der Waals surface area contributed by atoms with E-state index in [9.17, 15) is 0 Å². The first kappa shape index (κ1) is 15.3. The maximum atomic E-state index is 9.07. The van der Waals surface area contributed by atoms with Gasteiger partial charge in [0.15, 0.2) is 5.75 Å². The van der Waals surface area contributed by atoms with E-state index in [1.54, 1.807) is 11.8 Å². The van der Waals surface area contributed by atoms with Crippen LogP contribution in [0.25, 0.3) is 10.9 Å². The molecule has 0 spiro atoms. The molecule has 0 saturated carbocycles. The third-order valence-electron chi connectivity index (χ3n) is 3.99. The Kier molecular flexibility index (Phi) is 4.28. The average Bonchev–Trinajstić information content (AvgIpc) is 3.23. The maximum Gasteiger partial charge on any atom is 0.151 e. The van der Waals surface area contributed by atoms with Gasteiger partial charge in [-0.05, 0) is 30.7 Å². The molecular weight excluding hydrogens is 320 g/mol. The van der Waals surface area contributed by atoms with Gasteiger partial charge in [0.2, 0.25) is 0 Å². The van der Waals surface area contributed by atoms with Crippen LogP contribution in [0.4, 0.5) is 0 Å². The normalized spacial score (nSPS) is 17.2. The Morgan fingerprint density at radius 2 is 2.04 bits per heavy atom. The fourth-order valence-electron chi connectivity index (χ4n) is 2.80. The number of nitrogens with one attached hydrogen (secondary N) is 1. The van der Waals surface area contributed by atoms with Gasteiger partial charge in [-0.1, -0.05) is 30.3 Å². The second-order valence-electron chi connectivity index (χ2n) is 5.73. The smallest absolute Gasteiger partial charge is 0.151 e. The highest BCUT2D eigenvalue weighted by atomic mass is 32.2. The number of fused-ring (bicyclic) bond motifs is 1. The third kappa shape index (κ3) is 3.05. The summed E-state index contributed by atoms with van der Waals surface area (Å²) in [5, 5.41) is 11.2. The highest BCUT2D eigenvalue weighted by Gasteiger charge is 2.20. The van der Waals surface area contributed by atoms with Crippen LogP contribution in [-0.4, -0.2) is 33.5 Å². The van der Waals surface area contributed by atoms with Gasteiger partial charge in [-0.25, -0.2) is 0 Å². The van der Waals surface area contributed by atoms with Crippen LogP contribution in [0.15, 0.2) is 59.6 Å². The minimum absolute atomic E-state index is 0.184. The Balaban J connectivity index is 1.66. The van der Waals surface area contributed by atoms with E-state index in [2.05, 4.69) is 17.1 Å². The maximum absolute atomic E-state index is 9.07.